The molecule has 1 unspecified atom stereocenters. The molecule has 0 bridgehead atoms. The SMILES string of the molecule is CCCCCCC/C=C\C/C=C\C/C=C\CCCCCCCCCCCCC(=O)OCC(COC(=O)CCCCCCC/C=C\CCCCCCCC)OC(=O)CCCCCCCCCCCCCCCCCCCCCCCCCCC. The molecule has 0 aliphatic heterocycles. The third-order valence-corrected chi connectivity index (χ3v) is 16.8. The predicted molar refractivity (Wildman–Crippen MR) is 362 cm³/mol. The molecule has 0 aliphatic rings. The van der Waals surface area contributed by atoms with Crippen molar-refractivity contribution in [2.45, 2.75) is 412 Å². The van der Waals surface area contributed by atoms with Gasteiger partial charge in [0.15, 0.2) is 6.10 Å². The Morgan fingerprint density at radius 3 is 0.687 bits per heavy atom. The van der Waals surface area contributed by atoms with Gasteiger partial charge in [-0.05, 0) is 83.5 Å². The molecule has 0 N–H and O–H groups in total. The highest BCUT2D eigenvalue weighted by Crippen LogP contribution is 2.19. The van der Waals surface area contributed by atoms with E-state index >= 15 is 0 Å². The van der Waals surface area contributed by atoms with Crippen molar-refractivity contribution in [3.05, 3.63) is 48.6 Å². The summed E-state index contributed by atoms with van der Waals surface area (Å²) in [7, 11) is 0. The van der Waals surface area contributed by atoms with Crippen LogP contribution in [0.4, 0.5) is 0 Å². The third-order valence-electron chi connectivity index (χ3n) is 16.8. The third kappa shape index (κ3) is 70.0. The molecule has 1 atom stereocenters. The molecule has 0 aromatic rings. The van der Waals surface area contributed by atoms with Crippen molar-refractivity contribution in [1.29, 1.82) is 0 Å². The van der Waals surface area contributed by atoms with E-state index in [1.807, 2.05) is 0 Å². The van der Waals surface area contributed by atoms with Gasteiger partial charge in [0.2, 0.25) is 0 Å². The van der Waals surface area contributed by atoms with E-state index in [-0.39, 0.29) is 31.1 Å². The number of carbonyl (C=O) groups excluding carboxylic acids is 3. The number of ether oxygens (including phenoxy) is 3. The summed E-state index contributed by atoms with van der Waals surface area (Å²) in [6, 6.07) is 0. The smallest absolute Gasteiger partial charge is 0.306 e. The molecular formula is C77H142O6. The summed E-state index contributed by atoms with van der Waals surface area (Å²) in [5.41, 5.74) is 0. The molecule has 0 saturated heterocycles. The lowest BCUT2D eigenvalue weighted by atomic mass is 10.0. The summed E-state index contributed by atoms with van der Waals surface area (Å²) < 4.78 is 17.0. The van der Waals surface area contributed by atoms with Crippen molar-refractivity contribution in [3.8, 4) is 0 Å². The Morgan fingerprint density at radius 2 is 0.434 bits per heavy atom. The van der Waals surface area contributed by atoms with Crippen LogP contribution in [0.5, 0.6) is 0 Å². The molecule has 0 amide bonds. The highest BCUT2D eigenvalue weighted by molar-refractivity contribution is 5.71. The van der Waals surface area contributed by atoms with Crippen LogP contribution in [0.25, 0.3) is 0 Å². The van der Waals surface area contributed by atoms with Crippen molar-refractivity contribution in [2.75, 3.05) is 13.2 Å². The number of esters is 3. The topological polar surface area (TPSA) is 78.9 Å². The zero-order valence-corrected chi connectivity index (χ0v) is 56.0. The van der Waals surface area contributed by atoms with Gasteiger partial charge >= 0.3 is 17.9 Å². The molecule has 0 rings (SSSR count). The van der Waals surface area contributed by atoms with Crippen LogP contribution in [-0.4, -0.2) is 37.2 Å². The Labute approximate surface area is 518 Å². The maximum Gasteiger partial charge on any atom is 0.306 e. The first-order valence-electron chi connectivity index (χ1n) is 37.1. The maximum absolute atomic E-state index is 13.0. The van der Waals surface area contributed by atoms with Gasteiger partial charge in [0.05, 0.1) is 0 Å². The Bertz CT molecular complexity index is 1430. The minimum absolute atomic E-state index is 0.0736. The van der Waals surface area contributed by atoms with E-state index in [4.69, 9.17) is 14.2 Å². The van der Waals surface area contributed by atoms with Crippen LogP contribution in [0.3, 0.4) is 0 Å². The minimum atomic E-state index is -0.778. The van der Waals surface area contributed by atoms with Crippen LogP contribution in [0.15, 0.2) is 48.6 Å². The number of hydrogen-bond acceptors (Lipinski definition) is 6. The average molecular weight is 1160 g/mol. The molecular weight excluding hydrogens is 1020 g/mol. The van der Waals surface area contributed by atoms with Gasteiger partial charge in [0.1, 0.15) is 13.2 Å². The van der Waals surface area contributed by atoms with Crippen molar-refractivity contribution in [3.63, 3.8) is 0 Å². The molecule has 0 fully saturated rings. The largest absolute Gasteiger partial charge is 0.462 e. The number of rotatable bonds is 69. The molecule has 0 aliphatic carbocycles. The minimum Gasteiger partial charge on any atom is -0.462 e. The van der Waals surface area contributed by atoms with Crippen molar-refractivity contribution < 1.29 is 28.6 Å². The van der Waals surface area contributed by atoms with E-state index in [9.17, 15) is 14.4 Å². The molecule has 486 valence electrons. The lowest BCUT2D eigenvalue weighted by molar-refractivity contribution is -0.167. The standard InChI is InChI=1S/C77H142O6/c1-4-7-10-13-16-19-22-25-28-30-32-34-36-38-40-42-44-46-49-52-55-58-61-64-67-70-76(79)82-73-74(72-81-75(78)69-66-63-60-57-54-51-48-27-24-21-18-15-12-9-6-3)83-77(80)71-68-65-62-59-56-53-50-47-45-43-41-39-37-35-33-31-29-26-23-20-17-14-11-8-5-2/h22,25,27,30,32,36,38,48,74H,4-21,23-24,26,28-29,31,33-35,37,39-47,49-73H2,1-3H3/b25-22-,32-30-,38-36-,48-27-. The molecule has 83 heavy (non-hydrogen) atoms. The zero-order chi connectivity index (χ0) is 59.9. The molecule has 0 heterocycles. The van der Waals surface area contributed by atoms with Gasteiger partial charge in [-0.2, -0.15) is 0 Å². The number of carbonyl (C=O) groups is 3. The van der Waals surface area contributed by atoms with Crippen LogP contribution < -0.4 is 0 Å². The fourth-order valence-electron chi connectivity index (χ4n) is 11.2. The van der Waals surface area contributed by atoms with Crippen LogP contribution in [-0.2, 0) is 28.6 Å². The lowest BCUT2D eigenvalue weighted by Gasteiger charge is -2.18. The summed E-state index contributed by atoms with van der Waals surface area (Å²) >= 11 is 0. The van der Waals surface area contributed by atoms with Crippen LogP contribution in [0.1, 0.15) is 406 Å². The van der Waals surface area contributed by atoms with E-state index in [0.29, 0.717) is 19.3 Å². The number of allylic oxidation sites excluding steroid dienone is 8. The fourth-order valence-corrected chi connectivity index (χ4v) is 11.2. The van der Waals surface area contributed by atoms with E-state index in [1.165, 1.54) is 289 Å². The zero-order valence-electron chi connectivity index (χ0n) is 56.0. The predicted octanol–water partition coefficient (Wildman–Crippen LogP) is 25.7. The Kier molecular flexibility index (Phi) is 69.6. The lowest BCUT2D eigenvalue weighted by Crippen LogP contribution is -2.30. The molecule has 6 heteroatoms. The molecule has 0 spiro atoms. The van der Waals surface area contributed by atoms with Crippen molar-refractivity contribution in [2.24, 2.45) is 0 Å². The summed E-state index contributed by atoms with van der Waals surface area (Å²) in [6.07, 6.45) is 91.5. The second kappa shape index (κ2) is 71.8. The second-order valence-electron chi connectivity index (χ2n) is 25.2. The summed E-state index contributed by atoms with van der Waals surface area (Å²) in [5.74, 6) is -0.856. The van der Waals surface area contributed by atoms with Crippen molar-refractivity contribution in [1.82, 2.24) is 0 Å². The first kappa shape index (κ1) is 80.4. The monoisotopic (exact) mass is 1160 g/mol. The normalized spacial score (nSPS) is 12.3. The quantitative estimate of drug-likeness (QED) is 0.0261. The van der Waals surface area contributed by atoms with E-state index < -0.39 is 6.10 Å². The van der Waals surface area contributed by atoms with E-state index in [0.717, 1.165) is 77.0 Å². The van der Waals surface area contributed by atoms with Gasteiger partial charge in [0, 0.05) is 19.3 Å². The highest BCUT2D eigenvalue weighted by atomic mass is 16.6. The van der Waals surface area contributed by atoms with Gasteiger partial charge < -0.3 is 14.2 Å². The van der Waals surface area contributed by atoms with E-state index in [1.54, 1.807) is 0 Å². The molecule has 0 aromatic heterocycles. The van der Waals surface area contributed by atoms with Crippen LogP contribution >= 0.6 is 0 Å². The van der Waals surface area contributed by atoms with E-state index in [2.05, 4.69) is 69.4 Å². The average Bonchev–Trinajstić information content (AvgIpc) is 3.49. The molecule has 6 nitrogen and oxygen atoms in total. The van der Waals surface area contributed by atoms with Gasteiger partial charge in [-0.25, -0.2) is 0 Å². The Morgan fingerprint density at radius 1 is 0.241 bits per heavy atom. The first-order chi connectivity index (χ1) is 41.0. The maximum atomic E-state index is 13.0. The van der Waals surface area contributed by atoms with Crippen LogP contribution in [0, 0.1) is 0 Å². The first-order valence-corrected chi connectivity index (χ1v) is 37.1. The molecule has 0 saturated carbocycles. The number of hydrogen-bond donors (Lipinski definition) is 0. The Hall–Kier alpha value is -2.63. The highest BCUT2D eigenvalue weighted by Gasteiger charge is 2.19. The van der Waals surface area contributed by atoms with Gasteiger partial charge in [-0.1, -0.05) is 352 Å². The summed E-state index contributed by atoms with van der Waals surface area (Å²) in [6.45, 7) is 6.69. The fraction of sp³-hybridized carbons (Fsp3) is 0.857. The van der Waals surface area contributed by atoms with Gasteiger partial charge in [0.25, 0.3) is 0 Å². The molecule has 0 radical (unpaired) electrons. The molecule has 0 aromatic carbocycles. The summed E-state index contributed by atoms with van der Waals surface area (Å²) in [5, 5.41) is 0. The summed E-state index contributed by atoms with van der Waals surface area (Å²) in [4.78, 5) is 38.5. The van der Waals surface area contributed by atoms with Crippen molar-refractivity contribution >= 4 is 17.9 Å². The van der Waals surface area contributed by atoms with Gasteiger partial charge in [-0.15, -0.1) is 0 Å². The van der Waals surface area contributed by atoms with Gasteiger partial charge in [-0.3, -0.25) is 14.4 Å². The number of unbranched alkanes of at least 4 members (excludes halogenated alkanes) is 50. The van der Waals surface area contributed by atoms with Crippen LogP contribution in [0.2, 0.25) is 0 Å². The second-order valence-corrected chi connectivity index (χ2v) is 25.2. The Balaban J connectivity index is 4.28.